The fourth-order valence-corrected chi connectivity index (χ4v) is 3.45. The maximum absolute atomic E-state index is 13.0. The first-order valence-corrected chi connectivity index (χ1v) is 7.53. The van der Waals surface area contributed by atoms with Crippen LogP contribution in [0.3, 0.4) is 0 Å². The van der Waals surface area contributed by atoms with Crippen LogP contribution in [0.5, 0.6) is 0 Å². The van der Waals surface area contributed by atoms with Crippen LogP contribution in [0.2, 0.25) is 0 Å². The molecule has 0 aromatic carbocycles. The van der Waals surface area contributed by atoms with Crippen molar-refractivity contribution in [2.24, 2.45) is 7.05 Å². The van der Waals surface area contributed by atoms with Crippen LogP contribution in [0, 0.1) is 0 Å². The lowest BCUT2D eigenvalue weighted by Gasteiger charge is -2.44. The van der Waals surface area contributed by atoms with Gasteiger partial charge in [-0.1, -0.05) is 19.8 Å². The van der Waals surface area contributed by atoms with Crippen molar-refractivity contribution < 1.29 is 9.59 Å². The summed E-state index contributed by atoms with van der Waals surface area (Å²) in [5, 5.41) is 7.03. The van der Waals surface area contributed by atoms with Crippen LogP contribution < -0.4 is 5.32 Å². The second-order valence-electron chi connectivity index (χ2n) is 5.94. The van der Waals surface area contributed by atoms with E-state index in [0.29, 0.717) is 18.8 Å². The third kappa shape index (κ3) is 2.20. The number of nitrogens with one attached hydrogen (secondary N) is 1. The molecule has 1 aromatic rings. The molecule has 21 heavy (non-hydrogen) atoms. The number of hydrogen-bond donors (Lipinski definition) is 1. The van der Waals surface area contributed by atoms with Crippen molar-refractivity contribution in [1.29, 1.82) is 0 Å². The molecule has 0 radical (unpaired) electrons. The Labute approximate surface area is 123 Å². The van der Waals surface area contributed by atoms with Gasteiger partial charge in [0, 0.05) is 7.05 Å². The van der Waals surface area contributed by atoms with Crippen LogP contribution in [0.25, 0.3) is 0 Å². The van der Waals surface area contributed by atoms with E-state index in [0.717, 1.165) is 25.7 Å². The van der Waals surface area contributed by atoms with Crippen molar-refractivity contribution in [1.82, 2.24) is 25.0 Å². The van der Waals surface area contributed by atoms with Crippen LogP contribution in [-0.4, -0.2) is 43.1 Å². The highest BCUT2D eigenvalue weighted by molar-refractivity contribution is 5.99. The van der Waals surface area contributed by atoms with Crippen molar-refractivity contribution in [2.45, 2.75) is 57.2 Å². The molecule has 1 spiro atoms. The Hall–Kier alpha value is -1.92. The molecule has 2 fully saturated rings. The maximum Gasteiger partial charge on any atom is 0.249 e. The van der Waals surface area contributed by atoms with Gasteiger partial charge < -0.3 is 10.2 Å². The van der Waals surface area contributed by atoms with E-state index < -0.39 is 11.6 Å². The third-order valence-corrected chi connectivity index (χ3v) is 4.67. The molecule has 1 saturated carbocycles. The van der Waals surface area contributed by atoms with Crippen molar-refractivity contribution >= 4 is 11.8 Å². The summed E-state index contributed by atoms with van der Waals surface area (Å²) in [6.07, 6.45) is 5.52. The van der Waals surface area contributed by atoms with E-state index in [1.807, 2.05) is 6.92 Å². The molecule has 1 aliphatic heterocycles. The fourth-order valence-electron chi connectivity index (χ4n) is 3.45. The predicted molar refractivity (Wildman–Crippen MR) is 75.0 cm³/mol. The standard InChI is InChI=1S/C14H21N5O2/c1-3-10-12(20)17-14(6-4-5-7-14)13(21)19(10)8-11-15-9-16-18(11)2/h9-10H,3-8H2,1-2H3,(H,17,20). The average molecular weight is 291 g/mol. The summed E-state index contributed by atoms with van der Waals surface area (Å²) in [5.41, 5.74) is -0.679. The summed E-state index contributed by atoms with van der Waals surface area (Å²) in [5.74, 6) is 0.695. The van der Waals surface area contributed by atoms with Crippen molar-refractivity contribution in [2.75, 3.05) is 0 Å². The van der Waals surface area contributed by atoms with Gasteiger partial charge in [0.2, 0.25) is 11.8 Å². The van der Waals surface area contributed by atoms with Gasteiger partial charge in [-0.2, -0.15) is 5.10 Å². The lowest BCUT2D eigenvalue weighted by molar-refractivity contribution is -0.156. The Balaban J connectivity index is 1.91. The minimum Gasteiger partial charge on any atom is -0.340 e. The van der Waals surface area contributed by atoms with E-state index in [1.165, 1.54) is 6.33 Å². The van der Waals surface area contributed by atoms with Crippen LogP contribution >= 0.6 is 0 Å². The molecule has 114 valence electrons. The number of carbonyl (C=O) groups excluding carboxylic acids is 2. The first kappa shape index (κ1) is 14.0. The van der Waals surface area contributed by atoms with E-state index >= 15 is 0 Å². The quantitative estimate of drug-likeness (QED) is 0.872. The van der Waals surface area contributed by atoms with Gasteiger partial charge in [-0.15, -0.1) is 0 Å². The maximum atomic E-state index is 13.0. The van der Waals surface area contributed by atoms with E-state index in [9.17, 15) is 9.59 Å². The molecule has 1 aliphatic carbocycles. The van der Waals surface area contributed by atoms with Gasteiger partial charge in [-0.25, -0.2) is 4.98 Å². The van der Waals surface area contributed by atoms with Gasteiger partial charge in [0.05, 0.1) is 6.54 Å². The molecule has 1 N–H and O–H groups in total. The van der Waals surface area contributed by atoms with Crippen molar-refractivity contribution in [3.63, 3.8) is 0 Å². The van der Waals surface area contributed by atoms with Gasteiger partial charge in [-0.05, 0) is 19.3 Å². The third-order valence-electron chi connectivity index (χ3n) is 4.67. The highest BCUT2D eigenvalue weighted by Crippen LogP contribution is 2.35. The number of aryl methyl sites for hydroxylation is 1. The molecule has 3 rings (SSSR count). The van der Waals surface area contributed by atoms with Crippen molar-refractivity contribution in [3.8, 4) is 0 Å². The van der Waals surface area contributed by atoms with Crippen LogP contribution in [0.4, 0.5) is 0 Å². The predicted octanol–water partition coefficient (Wildman–Crippen LogP) is 0.365. The summed E-state index contributed by atoms with van der Waals surface area (Å²) < 4.78 is 1.65. The van der Waals surface area contributed by atoms with E-state index in [-0.39, 0.29) is 11.8 Å². The average Bonchev–Trinajstić information content (AvgIpc) is 3.07. The zero-order valence-electron chi connectivity index (χ0n) is 12.5. The summed E-state index contributed by atoms with van der Waals surface area (Å²) in [4.78, 5) is 31.2. The molecule has 7 heteroatoms. The lowest BCUT2D eigenvalue weighted by Crippen LogP contribution is -2.69. The number of amides is 2. The lowest BCUT2D eigenvalue weighted by atomic mass is 9.90. The number of aromatic nitrogens is 3. The van der Waals surface area contributed by atoms with Crippen LogP contribution in [0.1, 0.15) is 44.9 Å². The highest BCUT2D eigenvalue weighted by atomic mass is 16.2. The number of hydrogen-bond acceptors (Lipinski definition) is 4. The molecule has 1 atom stereocenters. The smallest absolute Gasteiger partial charge is 0.249 e. The Morgan fingerprint density at radius 3 is 2.67 bits per heavy atom. The Morgan fingerprint density at radius 2 is 2.10 bits per heavy atom. The van der Waals surface area contributed by atoms with Gasteiger partial charge in [-0.3, -0.25) is 14.3 Å². The minimum atomic E-state index is -0.679. The Kier molecular flexibility index (Phi) is 3.43. The zero-order valence-corrected chi connectivity index (χ0v) is 12.5. The molecule has 2 amide bonds. The molecular weight excluding hydrogens is 270 g/mol. The first-order chi connectivity index (χ1) is 10.1. The zero-order chi connectivity index (χ0) is 15.0. The number of piperazine rings is 1. The molecule has 1 saturated heterocycles. The summed E-state index contributed by atoms with van der Waals surface area (Å²) in [6, 6.07) is -0.416. The second-order valence-corrected chi connectivity index (χ2v) is 5.94. The second kappa shape index (κ2) is 5.13. The topological polar surface area (TPSA) is 80.1 Å². The summed E-state index contributed by atoms with van der Waals surface area (Å²) in [6.45, 7) is 2.26. The van der Waals surface area contributed by atoms with E-state index in [2.05, 4.69) is 15.4 Å². The monoisotopic (exact) mass is 291 g/mol. The summed E-state index contributed by atoms with van der Waals surface area (Å²) >= 11 is 0. The molecule has 1 unspecified atom stereocenters. The van der Waals surface area contributed by atoms with Gasteiger partial charge >= 0.3 is 0 Å². The van der Waals surface area contributed by atoms with E-state index in [1.54, 1.807) is 16.6 Å². The molecule has 1 aromatic heterocycles. The number of carbonyl (C=O) groups is 2. The Bertz CT molecular complexity index is 561. The first-order valence-electron chi connectivity index (χ1n) is 7.53. The number of rotatable bonds is 3. The summed E-state index contributed by atoms with van der Waals surface area (Å²) in [7, 11) is 1.79. The largest absolute Gasteiger partial charge is 0.340 e. The Morgan fingerprint density at radius 1 is 1.38 bits per heavy atom. The van der Waals surface area contributed by atoms with Gasteiger partial charge in [0.1, 0.15) is 23.7 Å². The number of nitrogens with zero attached hydrogens (tertiary/aromatic N) is 4. The highest BCUT2D eigenvalue weighted by Gasteiger charge is 2.51. The molecular formula is C14H21N5O2. The fraction of sp³-hybridized carbons (Fsp3) is 0.714. The molecule has 2 aliphatic rings. The van der Waals surface area contributed by atoms with Crippen LogP contribution in [0.15, 0.2) is 6.33 Å². The van der Waals surface area contributed by atoms with Gasteiger partial charge in [0.25, 0.3) is 0 Å². The van der Waals surface area contributed by atoms with Gasteiger partial charge in [0.15, 0.2) is 0 Å². The van der Waals surface area contributed by atoms with Crippen LogP contribution in [-0.2, 0) is 23.2 Å². The molecule has 0 bridgehead atoms. The normalized spacial score (nSPS) is 24.7. The SMILES string of the molecule is CCC1C(=O)NC2(CCCC2)C(=O)N1Cc1ncnn1C. The minimum absolute atomic E-state index is 0.0365. The molecule has 2 heterocycles. The van der Waals surface area contributed by atoms with Crippen molar-refractivity contribution in [3.05, 3.63) is 12.2 Å². The van der Waals surface area contributed by atoms with E-state index in [4.69, 9.17) is 0 Å². The molecule has 7 nitrogen and oxygen atoms in total.